The predicted octanol–water partition coefficient (Wildman–Crippen LogP) is 6.95. The van der Waals surface area contributed by atoms with Crippen LogP contribution in [0, 0.1) is 0 Å². The first-order valence-corrected chi connectivity index (χ1v) is 10.3. The largest absolute Gasteiger partial charge is 0.298 e. The van der Waals surface area contributed by atoms with Crippen molar-refractivity contribution in [3.05, 3.63) is 78.2 Å². The van der Waals surface area contributed by atoms with Gasteiger partial charge in [0.05, 0.1) is 11.2 Å². The van der Waals surface area contributed by atoms with E-state index >= 15 is 0 Å². The first-order valence-electron chi connectivity index (χ1n) is 10.3. The van der Waals surface area contributed by atoms with Crippen molar-refractivity contribution in [2.75, 3.05) is 0 Å². The normalized spacial score (nSPS) is 12.1. The highest BCUT2D eigenvalue weighted by Crippen LogP contribution is 2.37. The fraction of sp³-hybridized carbons (Fsp3) is 0.231. The lowest BCUT2D eigenvalue weighted by Gasteiger charge is -2.18. The van der Waals surface area contributed by atoms with Crippen LogP contribution >= 0.6 is 0 Å². The van der Waals surface area contributed by atoms with E-state index in [9.17, 15) is 0 Å². The molecule has 3 heterocycles. The minimum Gasteiger partial charge on any atom is -0.298 e. The number of nitrogens with zero attached hydrogens (tertiary/aromatic N) is 3. The summed E-state index contributed by atoms with van der Waals surface area (Å²) in [4.78, 5) is 9.57. The van der Waals surface area contributed by atoms with Gasteiger partial charge in [-0.3, -0.25) is 9.38 Å². The van der Waals surface area contributed by atoms with Gasteiger partial charge in [-0.05, 0) is 34.4 Å². The second kappa shape index (κ2) is 6.70. The van der Waals surface area contributed by atoms with E-state index in [4.69, 9.17) is 4.98 Å². The number of imidazole rings is 1. The summed E-state index contributed by atoms with van der Waals surface area (Å²) in [6, 6.07) is 17.2. The molecule has 0 N–H and O–H groups in total. The Hall–Kier alpha value is -3.20. The molecular formula is C26H25N3. The van der Waals surface area contributed by atoms with Crippen LogP contribution in [0.3, 0.4) is 0 Å². The number of fused-ring (bicyclic) bond motifs is 6. The molecule has 0 bridgehead atoms. The van der Waals surface area contributed by atoms with E-state index in [2.05, 4.69) is 91.8 Å². The molecule has 0 amide bonds. The third kappa shape index (κ3) is 2.72. The van der Waals surface area contributed by atoms with E-state index in [1.807, 2.05) is 12.4 Å². The summed E-state index contributed by atoms with van der Waals surface area (Å²) in [6.07, 6.45) is 6.02. The second-order valence-corrected chi connectivity index (χ2v) is 8.38. The zero-order chi connectivity index (χ0) is 20.1. The molecule has 0 atom stereocenters. The molecule has 0 saturated heterocycles. The Morgan fingerprint density at radius 3 is 2.14 bits per heavy atom. The summed E-state index contributed by atoms with van der Waals surface area (Å²) in [5.41, 5.74) is 7.19. The molecule has 2 aromatic carbocycles. The summed E-state index contributed by atoms with van der Waals surface area (Å²) < 4.78 is 2.23. The molecule has 0 spiro atoms. The zero-order valence-corrected chi connectivity index (χ0v) is 17.3. The molecule has 5 aromatic rings. The molecule has 3 heteroatoms. The van der Waals surface area contributed by atoms with E-state index in [1.54, 1.807) is 0 Å². The van der Waals surface area contributed by atoms with Crippen LogP contribution in [-0.2, 0) is 0 Å². The zero-order valence-electron chi connectivity index (χ0n) is 17.3. The fourth-order valence-corrected chi connectivity index (χ4v) is 4.44. The van der Waals surface area contributed by atoms with Crippen molar-refractivity contribution in [2.45, 2.75) is 39.5 Å². The van der Waals surface area contributed by atoms with Crippen LogP contribution in [0.15, 0.2) is 67.1 Å². The molecule has 0 aliphatic heterocycles. The van der Waals surface area contributed by atoms with Crippen molar-refractivity contribution in [1.82, 2.24) is 14.4 Å². The van der Waals surface area contributed by atoms with Crippen molar-refractivity contribution < 1.29 is 0 Å². The van der Waals surface area contributed by atoms with Gasteiger partial charge in [-0.25, -0.2) is 4.98 Å². The van der Waals surface area contributed by atoms with E-state index in [1.165, 1.54) is 22.1 Å². The van der Waals surface area contributed by atoms with Crippen molar-refractivity contribution in [1.29, 1.82) is 0 Å². The Morgan fingerprint density at radius 1 is 0.759 bits per heavy atom. The molecule has 0 aliphatic rings. The van der Waals surface area contributed by atoms with Gasteiger partial charge in [0.25, 0.3) is 0 Å². The molecule has 0 aliphatic carbocycles. The third-order valence-corrected chi connectivity index (χ3v) is 5.85. The standard InChI is InChI=1S/C26H25N3/c1-16(2)18-10-7-11-19(17(3)4)25(18)23-15-29-24-12-13-27-14-22(24)20-8-5-6-9-21(20)26(29)28-23/h5-17H,1-4H3. The lowest BCUT2D eigenvalue weighted by Crippen LogP contribution is -1.99. The number of benzene rings is 2. The Kier molecular flexibility index (Phi) is 4.13. The van der Waals surface area contributed by atoms with E-state index in [0.29, 0.717) is 11.8 Å². The minimum absolute atomic E-state index is 0.436. The maximum Gasteiger partial charge on any atom is 0.145 e. The SMILES string of the molecule is CC(C)c1cccc(C(C)C)c1-c1cn2c3ccncc3c3ccccc3c2n1. The van der Waals surface area contributed by atoms with Crippen molar-refractivity contribution in [3.8, 4) is 11.3 Å². The number of aromatic nitrogens is 3. The molecule has 3 aromatic heterocycles. The monoisotopic (exact) mass is 379 g/mol. The third-order valence-electron chi connectivity index (χ3n) is 5.85. The average molecular weight is 380 g/mol. The Morgan fingerprint density at radius 2 is 1.45 bits per heavy atom. The number of hydrogen-bond acceptors (Lipinski definition) is 2. The van der Waals surface area contributed by atoms with Gasteiger partial charge in [-0.2, -0.15) is 0 Å². The summed E-state index contributed by atoms with van der Waals surface area (Å²) in [6.45, 7) is 9.04. The van der Waals surface area contributed by atoms with Gasteiger partial charge in [-0.1, -0.05) is 70.2 Å². The number of hydrogen-bond donors (Lipinski definition) is 0. The molecule has 0 unspecified atom stereocenters. The summed E-state index contributed by atoms with van der Waals surface area (Å²) in [5.74, 6) is 0.873. The lowest BCUT2D eigenvalue weighted by atomic mass is 9.87. The van der Waals surface area contributed by atoms with E-state index < -0.39 is 0 Å². The highest BCUT2D eigenvalue weighted by Gasteiger charge is 2.19. The highest BCUT2D eigenvalue weighted by molar-refractivity contribution is 6.11. The quantitative estimate of drug-likeness (QED) is 0.318. The predicted molar refractivity (Wildman–Crippen MR) is 122 cm³/mol. The van der Waals surface area contributed by atoms with Crippen LogP contribution in [0.5, 0.6) is 0 Å². The molecule has 0 saturated carbocycles. The van der Waals surface area contributed by atoms with Crippen molar-refractivity contribution in [3.63, 3.8) is 0 Å². The first kappa shape index (κ1) is 17.9. The maximum atomic E-state index is 5.19. The molecule has 29 heavy (non-hydrogen) atoms. The van der Waals surface area contributed by atoms with Crippen LogP contribution in [0.4, 0.5) is 0 Å². The van der Waals surface area contributed by atoms with Gasteiger partial charge in [-0.15, -0.1) is 0 Å². The van der Waals surface area contributed by atoms with E-state index in [0.717, 1.165) is 27.6 Å². The van der Waals surface area contributed by atoms with Gasteiger partial charge in [0.15, 0.2) is 0 Å². The van der Waals surface area contributed by atoms with Crippen molar-refractivity contribution >= 4 is 27.3 Å². The number of rotatable bonds is 3. The molecular weight excluding hydrogens is 354 g/mol. The van der Waals surface area contributed by atoms with Gasteiger partial charge in [0.1, 0.15) is 5.65 Å². The Balaban J connectivity index is 1.93. The van der Waals surface area contributed by atoms with Gasteiger partial charge in [0.2, 0.25) is 0 Å². The number of pyridine rings is 2. The van der Waals surface area contributed by atoms with Crippen molar-refractivity contribution in [2.24, 2.45) is 0 Å². The maximum absolute atomic E-state index is 5.19. The fourth-order valence-electron chi connectivity index (χ4n) is 4.44. The van der Waals surface area contributed by atoms with E-state index in [-0.39, 0.29) is 0 Å². The molecule has 5 rings (SSSR count). The molecule has 0 fully saturated rings. The first-order chi connectivity index (χ1) is 14.1. The Labute approximate surface area is 171 Å². The van der Waals surface area contributed by atoms with Gasteiger partial charge < -0.3 is 0 Å². The molecule has 0 radical (unpaired) electrons. The summed E-state index contributed by atoms with van der Waals surface area (Å²) in [5, 5.41) is 3.51. The lowest BCUT2D eigenvalue weighted by molar-refractivity contribution is 0.837. The Bertz CT molecular complexity index is 1260. The molecule has 3 nitrogen and oxygen atoms in total. The summed E-state index contributed by atoms with van der Waals surface area (Å²) in [7, 11) is 0. The van der Waals surface area contributed by atoms with Crippen LogP contribution in [0.25, 0.3) is 38.6 Å². The molecule has 144 valence electrons. The smallest absolute Gasteiger partial charge is 0.145 e. The highest BCUT2D eigenvalue weighted by atomic mass is 15.0. The van der Waals surface area contributed by atoms with Gasteiger partial charge >= 0.3 is 0 Å². The van der Waals surface area contributed by atoms with Gasteiger partial charge in [0, 0.05) is 34.9 Å². The average Bonchev–Trinajstić information content (AvgIpc) is 3.19. The second-order valence-electron chi connectivity index (χ2n) is 8.38. The summed E-state index contributed by atoms with van der Waals surface area (Å²) >= 11 is 0. The van der Waals surface area contributed by atoms with Crippen LogP contribution in [0.1, 0.15) is 50.7 Å². The van der Waals surface area contributed by atoms with Crippen LogP contribution in [0.2, 0.25) is 0 Å². The topological polar surface area (TPSA) is 30.2 Å². The minimum atomic E-state index is 0.436. The van der Waals surface area contributed by atoms with Crippen LogP contribution in [-0.4, -0.2) is 14.4 Å². The van der Waals surface area contributed by atoms with Crippen LogP contribution < -0.4 is 0 Å².